The van der Waals surface area contributed by atoms with E-state index in [2.05, 4.69) is 35.1 Å². The van der Waals surface area contributed by atoms with Crippen LogP contribution in [0.1, 0.15) is 31.4 Å². The molecule has 1 aliphatic heterocycles. The number of para-hydroxylation sites is 1. The van der Waals surface area contributed by atoms with Gasteiger partial charge in [0.25, 0.3) is 5.91 Å². The first-order valence-corrected chi connectivity index (χ1v) is 10.8. The highest BCUT2D eigenvalue weighted by atomic mass is 79.9. The zero-order valence-electron chi connectivity index (χ0n) is 17.1. The maximum Gasteiger partial charge on any atom is 0.311 e. The van der Waals surface area contributed by atoms with Crippen molar-refractivity contribution in [1.82, 2.24) is 0 Å². The molecule has 2 aromatic rings. The fourth-order valence-electron chi connectivity index (χ4n) is 3.63. The van der Waals surface area contributed by atoms with E-state index in [1.165, 1.54) is 0 Å². The second kappa shape index (κ2) is 9.89. The van der Waals surface area contributed by atoms with Crippen LogP contribution in [0.3, 0.4) is 0 Å². The number of halogens is 1. The zero-order chi connectivity index (χ0) is 21.7. The van der Waals surface area contributed by atoms with Crippen LogP contribution in [0.2, 0.25) is 0 Å². The number of esters is 1. The number of hydrogen-bond acceptors (Lipinski definition) is 4. The van der Waals surface area contributed by atoms with Crippen LogP contribution in [0.4, 0.5) is 11.4 Å². The molecule has 0 bridgehead atoms. The van der Waals surface area contributed by atoms with Gasteiger partial charge in [0.1, 0.15) is 0 Å². The smallest absolute Gasteiger partial charge is 0.311 e. The molecule has 2 aromatic carbocycles. The van der Waals surface area contributed by atoms with E-state index in [-0.39, 0.29) is 25.5 Å². The minimum absolute atomic E-state index is 0.0909. The van der Waals surface area contributed by atoms with Crippen molar-refractivity contribution in [2.75, 3.05) is 23.4 Å². The Kier molecular flexibility index (Phi) is 7.26. The van der Waals surface area contributed by atoms with Crippen molar-refractivity contribution in [3.8, 4) is 0 Å². The van der Waals surface area contributed by atoms with Crippen molar-refractivity contribution >= 4 is 45.1 Å². The molecule has 0 radical (unpaired) electrons. The molecule has 30 heavy (non-hydrogen) atoms. The van der Waals surface area contributed by atoms with Gasteiger partial charge in [0.2, 0.25) is 5.91 Å². The van der Waals surface area contributed by atoms with Gasteiger partial charge in [-0.25, -0.2) is 0 Å². The molecule has 0 aromatic heterocycles. The van der Waals surface area contributed by atoms with E-state index in [0.29, 0.717) is 5.69 Å². The molecular weight excluding hydrogens is 448 g/mol. The van der Waals surface area contributed by atoms with Gasteiger partial charge in [0.15, 0.2) is 6.61 Å². The Hall–Kier alpha value is -2.67. The van der Waals surface area contributed by atoms with Crippen molar-refractivity contribution in [1.29, 1.82) is 0 Å². The molecule has 0 aliphatic carbocycles. The van der Waals surface area contributed by atoms with E-state index in [0.717, 1.165) is 34.1 Å². The fraction of sp³-hybridized carbons (Fsp3) is 0.348. The van der Waals surface area contributed by atoms with Crippen LogP contribution >= 0.6 is 15.9 Å². The Balaban J connectivity index is 1.60. The number of nitrogens with zero attached hydrogens (tertiary/aromatic N) is 1. The summed E-state index contributed by atoms with van der Waals surface area (Å²) >= 11 is 3.33. The van der Waals surface area contributed by atoms with Crippen LogP contribution in [0.15, 0.2) is 46.9 Å². The number of carbonyl (C=O) groups excluding carboxylic acids is 3. The predicted octanol–water partition coefficient (Wildman–Crippen LogP) is 4.11. The van der Waals surface area contributed by atoms with Gasteiger partial charge in [0, 0.05) is 28.8 Å². The van der Waals surface area contributed by atoms with Gasteiger partial charge in [-0.2, -0.15) is 0 Å². The lowest BCUT2D eigenvalue weighted by atomic mass is 10.0. The van der Waals surface area contributed by atoms with Gasteiger partial charge in [-0.3, -0.25) is 14.4 Å². The standard InChI is InChI=1S/C23H25BrN2O4/c1-3-15-6-5-7-16(4-2)22(15)26-13-17(12-21(26)28)23(29)30-14-20(27)25-19-10-8-18(24)9-11-19/h5-11,17H,3-4,12-14H2,1-2H3,(H,25,27)/t17-/m1/s1. The molecule has 2 amide bonds. The van der Waals surface area contributed by atoms with E-state index in [1.54, 1.807) is 29.2 Å². The van der Waals surface area contributed by atoms with Gasteiger partial charge in [-0.05, 0) is 48.2 Å². The number of anilines is 2. The van der Waals surface area contributed by atoms with Crippen LogP contribution in [0.5, 0.6) is 0 Å². The molecule has 158 valence electrons. The molecule has 1 N–H and O–H groups in total. The van der Waals surface area contributed by atoms with Crippen LogP contribution in [-0.2, 0) is 32.0 Å². The molecule has 3 rings (SSSR count). The summed E-state index contributed by atoms with van der Waals surface area (Å²) in [7, 11) is 0. The lowest BCUT2D eigenvalue weighted by Gasteiger charge is -2.23. The summed E-state index contributed by atoms with van der Waals surface area (Å²) in [5.41, 5.74) is 3.71. The summed E-state index contributed by atoms with van der Waals surface area (Å²) in [6, 6.07) is 13.1. The third-order valence-electron chi connectivity index (χ3n) is 5.17. The van der Waals surface area contributed by atoms with Gasteiger partial charge in [0.05, 0.1) is 5.92 Å². The average molecular weight is 473 g/mol. The SMILES string of the molecule is CCc1cccc(CC)c1N1C[C@H](C(=O)OCC(=O)Nc2ccc(Br)cc2)CC1=O. The molecule has 1 heterocycles. The summed E-state index contributed by atoms with van der Waals surface area (Å²) in [4.78, 5) is 38.9. The molecule has 1 atom stereocenters. The van der Waals surface area contributed by atoms with Gasteiger partial charge < -0.3 is 15.0 Å². The highest BCUT2D eigenvalue weighted by molar-refractivity contribution is 9.10. The third kappa shape index (κ3) is 5.08. The van der Waals surface area contributed by atoms with E-state index in [9.17, 15) is 14.4 Å². The number of ether oxygens (including phenoxy) is 1. The number of rotatable bonds is 7. The van der Waals surface area contributed by atoms with E-state index in [4.69, 9.17) is 4.74 Å². The average Bonchev–Trinajstić information content (AvgIpc) is 3.14. The van der Waals surface area contributed by atoms with Gasteiger partial charge >= 0.3 is 5.97 Å². The van der Waals surface area contributed by atoms with Crippen molar-refractivity contribution in [3.63, 3.8) is 0 Å². The Morgan fingerprint density at radius 3 is 2.33 bits per heavy atom. The zero-order valence-corrected chi connectivity index (χ0v) is 18.7. The number of benzene rings is 2. The first-order valence-electron chi connectivity index (χ1n) is 10.1. The van der Waals surface area contributed by atoms with E-state index < -0.39 is 17.8 Å². The van der Waals surface area contributed by atoms with Crippen LogP contribution < -0.4 is 10.2 Å². The normalized spacial score (nSPS) is 15.9. The van der Waals surface area contributed by atoms with Gasteiger partial charge in [-0.1, -0.05) is 48.0 Å². The highest BCUT2D eigenvalue weighted by Crippen LogP contribution is 2.32. The molecule has 0 spiro atoms. The van der Waals surface area contributed by atoms with Gasteiger partial charge in [-0.15, -0.1) is 0 Å². The van der Waals surface area contributed by atoms with E-state index >= 15 is 0 Å². The molecule has 1 fully saturated rings. The first kappa shape index (κ1) is 22.0. The highest BCUT2D eigenvalue weighted by Gasteiger charge is 2.37. The molecular formula is C23H25BrN2O4. The number of nitrogens with one attached hydrogen (secondary N) is 1. The molecule has 6 nitrogen and oxygen atoms in total. The summed E-state index contributed by atoms with van der Waals surface area (Å²) < 4.78 is 6.09. The third-order valence-corrected chi connectivity index (χ3v) is 5.70. The van der Waals surface area contributed by atoms with E-state index in [1.807, 2.05) is 18.2 Å². The number of aryl methyl sites for hydroxylation is 2. The van der Waals surface area contributed by atoms with Crippen LogP contribution in [0.25, 0.3) is 0 Å². The van der Waals surface area contributed by atoms with Crippen LogP contribution in [-0.4, -0.2) is 30.9 Å². The van der Waals surface area contributed by atoms with Crippen molar-refractivity contribution in [2.45, 2.75) is 33.1 Å². The quantitative estimate of drug-likeness (QED) is 0.615. The molecule has 0 unspecified atom stereocenters. The maximum absolute atomic E-state index is 12.7. The fourth-order valence-corrected chi connectivity index (χ4v) is 3.89. The number of carbonyl (C=O) groups is 3. The lowest BCUT2D eigenvalue weighted by molar-refractivity contribution is -0.151. The second-order valence-electron chi connectivity index (χ2n) is 7.20. The Morgan fingerprint density at radius 1 is 1.10 bits per heavy atom. The predicted molar refractivity (Wildman–Crippen MR) is 119 cm³/mol. The Bertz CT molecular complexity index is 920. The Labute approximate surface area is 184 Å². The molecule has 1 aliphatic rings. The minimum atomic E-state index is -0.576. The largest absolute Gasteiger partial charge is 0.455 e. The summed E-state index contributed by atoms with van der Waals surface area (Å²) in [6.45, 7) is 3.99. The van der Waals surface area contributed by atoms with Crippen molar-refractivity contribution in [2.24, 2.45) is 5.92 Å². The van der Waals surface area contributed by atoms with Crippen molar-refractivity contribution in [3.05, 3.63) is 58.1 Å². The minimum Gasteiger partial charge on any atom is -0.455 e. The maximum atomic E-state index is 12.7. The topological polar surface area (TPSA) is 75.7 Å². The molecule has 1 saturated heterocycles. The summed E-state index contributed by atoms with van der Waals surface area (Å²) in [5, 5.41) is 2.67. The second-order valence-corrected chi connectivity index (χ2v) is 8.12. The number of amides is 2. The monoisotopic (exact) mass is 472 g/mol. The summed E-state index contributed by atoms with van der Waals surface area (Å²) in [6.07, 6.45) is 1.70. The molecule has 7 heteroatoms. The lowest BCUT2D eigenvalue weighted by Crippen LogP contribution is -2.29. The van der Waals surface area contributed by atoms with Crippen molar-refractivity contribution < 1.29 is 19.1 Å². The summed E-state index contributed by atoms with van der Waals surface area (Å²) in [5.74, 6) is -1.61. The first-order chi connectivity index (χ1) is 14.4. The Morgan fingerprint density at radius 2 is 1.73 bits per heavy atom. The number of hydrogen-bond donors (Lipinski definition) is 1. The molecule has 0 saturated carbocycles. The van der Waals surface area contributed by atoms with Crippen LogP contribution in [0, 0.1) is 5.92 Å².